The minimum atomic E-state index is 0.197. The quantitative estimate of drug-likeness (QED) is 0.411. The summed E-state index contributed by atoms with van der Waals surface area (Å²) < 4.78 is 7.39. The molecule has 1 aromatic heterocycles. The highest BCUT2D eigenvalue weighted by Crippen LogP contribution is 2.52. The molecular formula is C28H34N4O2S. The molecule has 1 aliphatic carbocycles. The fraction of sp³-hybridized carbons (Fsp3) is 0.464. The van der Waals surface area contributed by atoms with Crippen molar-refractivity contribution in [3.8, 4) is 22.8 Å². The molecule has 2 bridgehead atoms. The van der Waals surface area contributed by atoms with E-state index in [0.29, 0.717) is 17.0 Å². The van der Waals surface area contributed by atoms with Crippen LogP contribution in [-0.2, 0) is 4.79 Å². The number of amides is 1. The van der Waals surface area contributed by atoms with Crippen molar-refractivity contribution in [2.45, 2.75) is 58.2 Å². The van der Waals surface area contributed by atoms with Crippen molar-refractivity contribution in [2.75, 3.05) is 19.4 Å². The van der Waals surface area contributed by atoms with Gasteiger partial charge in [-0.25, -0.2) is 0 Å². The van der Waals surface area contributed by atoms with Crippen molar-refractivity contribution in [1.29, 1.82) is 0 Å². The molecule has 2 aliphatic rings. The summed E-state index contributed by atoms with van der Waals surface area (Å²) in [6, 6.07) is 16.5. The summed E-state index contributed by atoms with van der Waals surface area (Å²) in [5.41, 5.74) is 3.61. The molecule has 2 fully saturated rings. The van der Waals surface area contributed by atoms with E-state index in [4.69, 9.17) is 4.74 Å². The maximum atomic E-state index is 13.4. The number of aromatic nitrogens is 3. The van der Waals surface area contributed by atoms with Crippen LogP contribution in [0.1, 0.15) is 45.6 Å². The topological polar surface area (TPSA) is 60.2 Å². The highest BCUT2D eigenvalue weighted by Gasteiger charge is 2.50. The number of thioether (sulfide) groups is 1. The zero-order valence-corrected chi connectivity index (χ0v) is 22.1. The fourth-order valence-corrected chi connectivity index (χ4v) is 7.10. The van der Waals surface area contributed by atoms with Crippen LogP contribution in [0.5, 0.6) is 5.75 Å². The Kier molecular flexibility index (Phi) is 6.16. The number of fused-ring (bicyclic) bond motifs is 2. The first kappa shape index (κ1) is 23.9. The molecule has 1 aliphatic heterocycles. The van der Waals surface area contributed by atoms with Crippen molar-refractivity contribution in [3.63, 3.8) is 0 Å². The van der Waals surface area contributed by atoms with E-state index in [2.05, 4.69) is 54.9 Å². The van der Waals surface area contributed by atoms with Gasteiger partial charge in [0, 0.05) is 23.8 Å². The summed E-state index contributed by atoms with van der Waals surface area (Å²) in [6.07, 6.45) is 3.38. The number of hydrogen-bond donors (Lipinski definition) is 0. The summed E-state index contributed by atoms with van der Waals surface area (Å²) in [5, 5.41) is 9.77. The highest BCUT2D eigenvalue weighted by atomic mass is 32.2. The van der Waals surface area contributed by atoms with Crippen LogP contribution in [0.15, 0.2) is 53.7 Å². The summed E-state index contributed by atoms with van der Waals surface area (Å²) in [7, 11) is 1.66. The molecule has 2 atom stereocenters. The minimum absolute atomic E-state index is 0.197. The molecule has 1 saturated carbocycles. The lowest BCUT2D eigenvalue weighted by Gasteiger charge is -2.39. The van der Waals surface area contributed by atoms with E-state index < -0.39 is 0 Å². The Balaban J connectivity index is 1.41. The van der Waals surface area contributed by atoms with Crippen molar-refractivity contribution >= 4 is 17.7 Å². The van der Waals surface area contributed by atoms with E-state index in [-0.39, 0.29) is 16.7 Å². The molecule has 2 heterocycles. The van der Waals surface area contributed by atoms with Crippen molar-refractivity contribution < 1.29 is 9.53 Å². The van der Waals surface area contributed by atoms with E-state index in [1.807, 2.05) is 41.0 Å². The molecule has 35 heavy (non-hydrogen) atoms. The van der Waals surface area contributed by atoms with Crippen molar-refractivity contribution in [3.05, 3.63) is 54.1 Å². The van der Waals surface area contributed by atoms with E-state index in [1.54, 1.807) is 7.11 Å². The molecule has 1 amide bonds. The number of ether oxygens (including phenoxy) is 1. The van der Waals surface area contributed by atoms with Crippen molar-refractivity contribution in [1.82, 2.24) is 19.7 Å². The Morgan fingerprint density at radius 3 is 2.60 bits per heavy atom. The molecule has 2 aromatic carbocycles. The second-order valence-electron chi connectivity index (χ2n) is 11.2. The third kappa shape index (κ3) is 4.83. The highest BCUT2D eigenvalue weighted by molar-refractivity contribution is 7.99. The zero-order valence-electron chi connectivity index (χ0n) is 21.2. The largest absolute Gasteiger partial charge is 0.497 e. The molecular weight excluding hydrogens is 456 g/mol. The van der Waals surface area contributed by atoms with Gasteiger partial charge in [-0.3, -0.25) is 9.36 Å². The number of carbonyl (C=O) groups is 1. The maximum Gasteiger partial charge on any atom is 0.233 e. The van der Waals surface area contributed by atoms with Crippen LogP contribution in [0.4, 0.5) is 0 Å². The summed E-state index contributed by atoms with van der Waals surface area (Å²) >= 11 is 1.47. The maximum absolute atomic E-state index is 13.4. The molecule has 1 saturated heterocycles. The summed E-state index contributed by atoms with van der Waals surface area (Å²) in [6.45, 7) is 9.95. The van der Waals surface area contributed by atoms with Gasteiger partial charge in [-0.2, -0.15) is 0 Å². The van der Waals surface area contributed by atoms with Crippen LogP contribution >= 0.6 is 11.8 Å². The third-order valence-corrected chi connectivity index (χ3v) is 8.21. The number of benzene rings is 2. The van der Waals surface area contributed by atoms with Gasteiger partial charge >= 0.3 is 0 Å². The number of carbonyl (C=O) groups excluding carboxylic acids is 1. The van der Waals surface area contributed by atoms with Gasteiger partial charge in [0.1, 0.15) is 5.75 Å². The van der Waals surface area contributed by atoms with Gasteiger partial charge in [0.2, 0.25) is 5.91 Å². The minimum Gasteiger partial charge on any atom is -0.497 e. The average Bonchev–Trinajstić information content (AvgIpc) is 3.34. The van der Waals surface area contributed by atoms with Crippen LogP contribution < -0.4 is 4.74 Å². The van der Waals surface area contributed by atoms with Gasteiger partial charge in [-0.1, -0.05) is 56.3 Å². The first-order valence-corrected chi connectivity index (χ1v) is 13.2. The molecule has 7 heteroatoms. The van der Waals surface area contributed by atoms with Crippen LogP contribution in [0, 0.1) is 17.8 Å². The zero-order chi connectivity index (χ0) is 24.8. The number of nitrogens with zero attached hydrogens (tertiary/aromatic N) is 4. The van der Waals surface area contributed by atoms with Crippen LogP contribution in [-0.4, -0.2) is 51.0 Å². The molecule has 3 aromatic rings. The van der Waals surface area contributed by atoms with E-state index in [1.165, 1.54) is 18.2 Å². The van der Waals surface area contributed by atoms with Crippen LogP contribution in [0.3, 0.4) is 0 Å². The molecule has 0 radical (unpaired) electrons. The van der Waals surface area contributed by atoms with E-state index in [0.717, 1.165) is 47.8 Å². The third-order valence-electron chi connectivity index (χ3n) is 7.30. The molecule has 184 valence electrons. The second-order valence-corrected chi connectivity index (χ2v) is 12.2. The number of aryl methyl sites for hydroxylation is 1. The predicted octanol–water partition coefficient (Wildman–Crippen LogP) is 5.77. The smallest absolute Gasteiger partial charge is 0.233 e. The summed E-state index contributed by atoms with van der Waals surface area (Å²) in [4.78, 5) is 15.5. The number of methoxy groups -OCH3 is 1. The van der Waals surface area contributed by atoms with Crippen LogP contribution in [0.25, 0.3) is 17.1 Å². The van der Waals surface area contributed by atoms with Gasteiger partial charge in [0.15, 0.2) is 11.0 Å². The Morgan fingerprint density at radius 1 is 1.11 bits per heavy atom. The van der Waals surface area contributed by atoms with Crippen LogP contribution in [0.2, 0.25) is 0 Å². The Bertz CT molecular complexity index is 1240. The Labute approximate surface area is 212 Å². The van der Waals surface area contributed by atoms with Gasteiger partial charge < -0.3 is 9.64 Å². The van der Waals surface area contributed by atoms with Gasteiger partial charge in [-0.15, -0.1) is 10.2 Å². The Morgan fingerprint density at radius 2 is 1.89 bits per heavy atom. The lowest BCUT2D eigenvalue weighted by atomic mass is 9.65. The molecule has 0 N–H and O–H groups in total. The molecule has 0 spiro atoms. The lowest BCUT2D eigenvalue weighted by molar-refractivity contribution is -0.129. The molecule has 6 nitrogen and oxygen atoms in total. The first-order valence-electron chi connectivity index (χ1n) is 12.3. The van der Waals surface area contributed by atoms with Gasteiger partial charge in [0.05, 0.1) is 12.9 Å². The van der Waals surface area contributed by atoms with Gasteiger partial charge in [0.25, 0.3) is 0 Å². The predicted molar refractivity (Wildman–Crippen MR) is 140 cm³/mol. The van der Waals surface area contributed by atoms with E-state index in [9.17, 15) is 4.79 Å². The SMILES string of the molecule is COc1ccc(-n2c(SCC(=O)N3C[C@@]4(C)C[C@H]3CC(C)(C)C4)nnc2-c2cccc(C)c2)cc1. The standard InChI is InChI=1S/C28H34N4O2S/c1-19-7-6-8-20(13-19)25-29-30-26(32(25)21-9-11-23(34-5)12-10-21)35-16-24(33)31-18-28(4)15-22(31)14-27(2,3)17-28/h6-13,22H,14-18H2,1-5H3/t22-,28+/m1/s1. The van der Waals surface area contributed by atoms with Gasteiger partial charge in [-0.05, 0) is 67.3 Å². The number of rotatable bonds is 6. The Hall–Kier alpha value is -2.80. The monoisotopic (exact) mass is 490 g/mol. The second kappa shape index (κ2) is 9.01. The molecule has 5 rings (SSSR count). The van der Waals surface area contributed by atoms with E-state index >= 15 is 0 Å². The fourth-order valence-electron chi connectivity index (χ4n) is 6.26. The van der Waals surface area contributed by atoms with Crippen molar-refractivity contribution in [2.24, 2.45) is 10.8 Å². The average molecular weight is 491 g/mol. The lowest BCUT2D eigenvalue weighted by Crippen LogP contribution is -2.38. The summed E-state index contributed by atoms with van der Waals surface area (Å²) in [5.74, 6) is 2.11. The molecule has 0 unspecified atom stereocenters. The normalized spacial score (nSPS) is 22.9. The first-order chi connectivity index (χ1) is 16.7. The number of hydrogen-bond acceptors (Lipinski definition) is 5. The number of likely N-dealkylation sites (tertiary alicyclic amines) is 1.